The van der Waals surface area contributed by atoms with E-state index < -0.39 is 0 Å². The topological polar surface area (TPSA) is 71.1 Å². The molecule has 0 saturated carbocycles. The Morgan fingerprint density at radius 2 is 1.81 bits per heavy atom. The Morgan fingerprint density at radius 1 is 1.05 bits per heavy atom. The van der Waals surface area contributed by atoms with Crippen molar-refractivity contribution >= 4 is 23.2 Å². The molecule has 0 bridgehead atoms. The molecule has 0 radical (unpaired) electrons. The zero-order valence-corrected chi connectivity index (χ0v) is 12.2. The van der Waals surface area contributed by atoms with Crippen LogP contribution in [0.15, 0.2) is 36.5 Å². The highest BCUT2D eigenvalue weighted by Gasteiger charge is 2.08. The molecule has 1 heterocycles. The van der Waals surface area contributed by atoms with Crippen LogP contribution >= 0.6 is 0 Å². The van der Waals surface area contributed by atoms with Crippen molar-refractivity contribution < 1.29 is 9.59 Å². The van der Waals surface area contributed by atoms with Gasteiger partial charge >= 0.3 is 0 Å². The molecule has 0 saturated heterocycles. The first kappa shape index (κ1) is 14.7. The molecular weight excluding hydrogens is 266 g/mol. The van der Waals surface area contributed by atoms with Crippen LogP contribution in [0.2, 0.25) is 0 Å². The van der Waals surface area contributed by atoms with Crippen molar-refractivity contribution in [1.29, 1.82) is 0 Å². The molecule has 0 spiro atoms. The number of nitrogens with one attached hydrogen (secondary N) is 2. The van der Waals surface area contributed by atoms with Gasteiger partial charge in [0.05, 0.1) is 5.56 Å². The minimum Gasteiger partial charge on any atom is -0.326 e. The second-order valence-corrected chi connectivity index (χ2v) is 4.85. The Balaban J connectivity index is 2.12. The van der Waals surface area contributed by atoms with Crippen LogP contribution < -0.4 is 10.6 Å². The molecule has 1 aromatic heterocycles. The van der Waals surface area contributed by atoms with Gasteiger partial charge in [-0.25, -0.2) is 0 Å². The number of carbonyl (C=O) groups excluding carboxylic acids is 2. The lowest BCUT2D eigenvalue weighted by atomic mass is 10.1. The normalized spacial score (nSPS) is 10.0. The van der Waals surface area contributed by atoms with Crippen LogP contribution in [0, 0.1) is 13.8 Å². The monoisotopic (exact) mass is 283 g/mol. The van der Waals surface area contributed by atoms with Crippen molar-refractivity contribution in [3.63, 3.8) is 0 Å². The number of rotatable bonds is 3. The van der Waals surface area contributed by atoms with Gasteiger partial charge in [0.25, 0.3) is 5.91 Å². The molecule has 5 heteroatoms. The summed E-state index contributed by atoms with van der Waals surface area (Å²) in [4.78, 5) is 27.2. The fourth-order valence-electron chi connectivity index (χ4n) is 1.88. The maximum atomic E-state index is 12.1. The molecular formula is C16H17N3O2. The summed E-state index contributed by atoms with van der Waals surface area (Å²) in [5.41, 5.74) is 3.65. The van der Waals surface area contributed by atoms with E-state index >= 15 is 0 Å². The van der Waals surface area contributed by atoms with E-state index in [-0.39, 0.29) is 11.8 Å². The first-order valence-corrected chi connectivity index (χ1v) is 6.58. The van der Waals surface area contributed by atoms with Crippen LogP contribution in [0.3, 0.4) is 0 Å². The first-order valence-electron chi connectivity index (χ1n) is 6.58. The van der Waals surface area contributed by atoms with E-state index in [9.17, 15) is 9.59 Å². The highest BCUT2D eigenvalue weighted by Crippen LogP contribution is 2.20. The maximum absolute atomic E-state index is 12.1. The summed E-state index contributed by atoms with van der Waals surface area (Å²) in [7, 11) is 0. The second-order valence-electron chi connectivity index (χ2n) is 4.85. The van der Waals surface area contributed by atoms with E-state index in [0.29, 0.717) is 11.3 Å². The third-order valence-electron chi connectivity index (χ3n) is 2.97. The van der Waals surface area contributed by atoms with Crippen molar-refractivity contribution in [2.75, 3.05) is 10.6 Å². The van der Waals surface area contributed by atoms with Crippen molar-refractivity contribution in [3.05, 3.63) is 53.3 Å². The third kappa shape index (κ3) is 3.89. The molecule has 0 unspecified atom stereocenters. The Morgan fingerprint density at radius 3 is 2.38 bits per heavy atom. The van der Waals surface area contributed by atoms with Crippen molar-refractivity contribution in [3.8, 4) is 0 Å². The molecule has 0 aliphatic carbocycles. The summed E-state index contributed by atoms with van der Waals surface area (Å²) in [6, 6.07) is 8.85. The van der Waals surface area contributed by atoms with Crippen LogP contribution in [0.1, 0.15) is 28.5 Å². The van der Waals surface area contributed by atoms with E-state index in [2.05, 4.69) is 15.6 Å². The van der Waals surface area contributed by atoms with Gasteiger partial charge in [0.15, 0.2) is 0 Å². The average Bonchev–Trinajstić information content (AvgIpc) is 2.42. The Hall–Kier alpha value is -2.69. The fourth-order valence-corrected chi connectivity index (χ4v) is 1.88. The number of hydrogen-bond donors (Lipinski definition) is 2. The lowest BCUT2D eigenvalue weighted by Gasteiger charge is -2.10. The number of anilines is 2. The fraction of sp³-hybridized carbons (Fsp3) is 0.188. The van der Waals surface area contributed by atoms with E-state index in [4.69, 9.17) is 0 Å². The molecule has 2 aromatic rings. The van der Waals surface area contributed by atoms with Crippen molar-refractivity contribution in [2.24, 2.45) is 0 Å². The van der Waals surface area contributed by atoms with Gasteiger partial charge in [0.2, 0.25) is 5.91 Å². The number of nitrogens with zero attached hydrogens (tertiary/aromatic N) is 1. The predicted molar refractivity (Wildman–Crippen MR) is 82.4 cm³/mol. The minimum atomic E-state index is -0.214. The third-order valence-corrected chi connectivity index (χ3v) is 2.97. The van der Waals surface area contributed by atoms with Gasteiger partial charge in [0, 0.05) is 30.2 Å². The molecule has 21 heavy (non-hydrogen) atoms. The predicted octanol–water partition coefficient (Wildman–Crippen LogP) is 2.91. The van der Waals surface area contributed by atoms with Crippen LogP contribution in [0.5, 0.6) is 0 Å². The number of hydrogen-bond acceptors (Lipinski definition) is 3. The molecule has 0 aliphatic rings. The van der Waals surface area contributed by atoms with Gasteiger partial charge < -0.3 is 10.6 Å². The smallest absolute Gasteiger partial charge is 0.257 e. The van der Waals surface area contributed by atoms with Gasteiger partial charge in [-0.1, -0.05) is 0 Å². The van der Waals surface area contributed by atoms with Crippen LogP contribution in [0.4, 0.5) is 11.4 Å². The summed E-state index contributed by atoms with van der Waals surface area (Å²) >= 11 is 0. The lowest BCUT2D eigenvalue weighted by molar-refractivity contribution is -0.114. The highest BCUT2D eigenvalue weighted by atomic mass is 16.2. The lowest BCUT2D eigenvalue weighted by Crippen LogP contribution is -2.13. The summed E-state index contributed by atoms with van der Waals surface area (Å²) < 4.78 is 0. The number of amides is 2. The van der Waals surface area contributed by atoms with E-state index in [1.165, 1.54) is 6.92 Å². The Bertz CT molecular complexity index is 678. The Labute approximate surface area is 123 Å². The van der Waals surface area contributed by atoms with Gasteiger partial charge in [0.1, 0.15) is 0 Å². The summed E-state index contributed by atoms with van der Waals surface area (Å²) in [5, 5.41) is 5.54. The second kappa shape index (κ2) is 6.17. The molecule has 108 valence electrons. The standard InChI is InChI=1S/C16H17N3O2/c1-10-8-14(6-7-15(10)18-12(3)20)19-16(21)13-5-4-11(2)17-9-13/h4-9H,1-3H3,(H,18,20)(H,19,21). The number of benzene rings is 1. The number of aromatic nitrogens is 1. The van der Waals surface area contributed by atoms with E-state index in [0.717, 1.165) is 16.9 Å². The molecule has 0 aliphatic heterocycles. The van der Waals surface area contributed by atoms with Gasteiger partial charge in [-0.05, 0) is 49.7 Å². The molecule has 2 rings (SSSR count). The quantitative estimate of drug-likeness (QED) is 0.909. The van der Waals surface area contributed by atoms with Gasteiger partial charge in [-0.3, -0.25) is 14.6 Å². The first-order chi connectivity index (χ1) is 9.95. The number of pyridine rings is 1. The SMILES string of the molecule is CC(=O)Nc1ccc(NC(=O)c2ccc(C)nc2)cc1C. The van der Waals surface area contributed by atoms with Crippen LogP contribution in [-0.2, 0) is 4.79 Å². The minimum absolute atomic E-state index is 0.124. The van der Waals surface area contributed by atoms with Crippen molar-refractivity contribution in [1.82, 2.24) is 4.98 Å². The molecule has 2 amide bonds. The molecule has 5 nitrogen and oxygen atoms in total. The highest BCUT2D eigenvalue weighted by molar-refractivity contribution is 6.04. The van der Waals surface area contributed by atoms with Crippen molar-refractivity contribution in [2.45, 2.75) is 20.8 Å². The zero-order chi connectivity index (χ0) is 15.4. The molecule has 0 fully saturated rings. The Kier molecular flexibility index (Phi) is 4.33. The zero-order valence-electron chi connectivity index (χ0n) is 12.2. The van der Waals surface area contributed by atoms with Gasteiger partial charge in [-0.15, -0.1) is 0 Å². The number of carbonyl (C=O) groups is 2. The summed E-state index contributed by atoms with van der Waals surface area (Å²) in [5.74, 6) is -0.338. The van der Waals surface area contributed by atoms with Crippen LogP contribution in [0.25, 0.3) is 0 Å². The summed E-state index contributed by atoms with van der Waals surface area (Å²) in [6.45, 7) is 5.19. The average molecular weight is 283 g/mol. The maximum Gasteiger partial charge on any atom is 0.257 e. The summed E-state index contributed by atoms with van der Waals surface area (Å²) in [6.07, 6.45) is 1.54. The van der Waals surface area contributed by atoms with Gasteiger partial charge in [-0.2, -0.15) is 0 Å². The van der Waals surface area contributed by atoms with E-state index in [1.807, 2.05) is 19.9 Å². The molecule has 1 aromatic carbocycles. The molecule has 2 N–H and O–H groups in total. The van der Waals surface area contributed by atoms with Crippen LogP contribution in [-0.4, -0.2) is 16.8 Å². The number of aryl methyl sites for hydroxylation is 2. The van der Waals surface area contributed by atoms with E-state index in [1.54, 1.807) is 30.5 Å². The molecule has 0 atom stereocenters. The largest absolute Gasteiger partial charge is 0.326 e.